The normalized spacial score (nSPS) is 22.7. The number of hydrogen-bond donors (Lipinski definition) is 0. The first kappa shape index (κ1) is 9.08. The maximum absolute atomic E-state index is 11.3. The van der Waals surface area contributed by atoms with Crippen molar-refractivity contribution < 1.29 is 13.2 Å². The number of rotatable bonds is 2. The summed E-state index contributed by atoms with van der Waals surface area (Å²) in [6.07, 6.45) is 2.80. The van der Waals surface area contributed by atoms with Crippen molar-refractivity contribution in [3.05, 3.63) is 17.0 Å². The van der Waals surface area contributed by atoms with E-state index in [0.29, 0.717) is 23.0 Å². The van der Waals surface area contributed by atoms with Crippen LogP contribution in [0.1, 0.15) is 40.6 Å². The number of nitrogens with zero attached hydrogens (tertiary/aromatic N) is 2. The van der Waals surface area contributed by atoms with Crippen LogP contribution in [0.4, 0.5) is 0 Å². The van der Waals surface area contributed by atoms with Gasteiger partial charge in [0.05, 0.1) is 23.2 Å². The van der Waals surface area contributed by atoms with Crippen LogP contribution in [0.5, 0.6) is 0 Å². The van der Waals surface area contributed by atoms with E-state index in [1.807, 2.05) is 0 Å². The summed E-state index contributed by atoms with van der Waals surface area (Å²) < 4.78 is 24.4. The average Bonchev–Trinajstić information content (AvgIpc) is 2.86. The molecule has 1 aliphatic heterocycles. The van der Waals surface area contributed by atoms with Crippen LogP contribution >= 0.6 is 0 Å². The van der Waals surface area contributed by atoms with Crippen molar-refractivity contribution in [2.75, 3.05) is 0 Å². The van der Waals surface area contributed by atoms with E-state index in [2.05, 4.69) is 5.10 Å². The quantitative estimate of drug-likeness (QED) is 0.687. The van der Waals surface area contributed by atoms with Crippen LogP contribution in [0.2, 0.25) is 0 Å². The lowest BCUT2D eigenvalue weighted by molar-refractivity contribution is 0.111. The smallest absolute Gasteiger partial charge is 0.168 e. The summed E-state index contributed by atoms with van der Waals surface area (Å²) >= 11 is 0. The first-order chi connectivity index (χ1) is 7.11. The van der Waals surface area contributed by atoms with Crippen molar-refractivity contribution in [3.63, 3.8) is 0 Å². The van der Waals surface area contributed by atoms with Crippen LogP contribution in [0.15, 0.2) is 0 Å². The molecule has 0 amide bonds. The summed E-state index contributed by atoms with van der Waals surface area (Å²) in [7, 11) is -3.05. The van der Waals surface area contributed by atoms with Gasteiger partial charge < -0.3 is 0 Å². The lowest BCUT2D eigenvalue weighted by atomic mass is 10.2. The number of sulfone groups is 1. The number of hydrogen-bond acceptors (Lipinski definition) is 4. The number of carbonyl (C=O) groups is 1. The second-order valence-corrected chi connectivity index (χ2v) is 6.20. The fraction of sp³-hybridized carbons (Fsp3) is 0.556. The Morgan fingerprint density at radius 1 is 1.33 bits per heavy atom. The van der Waals surface area contributed by atoms with Crippen LogP contribution in [0, 0.1) is 0 Å². The Kier molecular flexibility index (Phi) is 1.63. The van der Waals surface area contributed by atoms with E-state index in [4.69, 9.17) is 0 Å². The first-order valence-corrected chi connectivity index (χ1v) is 6.69. The molecule has 5 nitrogen and oxygen atoms in total. The molecule has 1 aromatic rings. The summed E-state index contributed by atoms with van der Waals surface area (Å²) in [5, 5.41) is 4.23. The monoisotopic (exact) mass is 226 g/mol. The van der Waals surface area contributed by atoms with Gasteiger partial charge in [0.2, 0.25) is 0 Å². The molecule has 1 aliphatic carbocycles. The summed E-state index contributed by atoms with van der Waals surface area (Å²) in [6, 6.07) is 0.318. The third kappa shape index (κ3) is 1.31. The molecule has 15 heavy (non-hydrogen) atoms. The second kappa shape index (κ2) is 2.69. The van der Waals surface area contributed by atoms with Crippen LogP contribution in [-0.2, 0) is 21.3 Å². The first-order valence-electron chi connectivity index (χ1n) is 4.86. The minimum Gasteiger partial charge on any atom is -0.296 e. The molecule has 1 fully saturated rings. The largest absolute Gasteiger partial charge is 0.296 e. The van der Waals surface area contributed by atoms with Gasteiger partial charge in [0.25, 0.3) is 0 Å². The molecule has 0 spiro atoms. The molecule has 80 valence electrons. The van der Waals surface area contributed by atoms with E-state index in [0.717, 1.165) is 19.1 Å². The van der Waals surface area contributed by atoms with Crippen molar-refractivity contribution in [2.45, 2.75) is 30.4 Å². The number of carbonyl (C=O) groups excluding carboxylic acids is 1. The molecule has 3 rings (SSSR count). The SMILES string of the molecule is O=Cc1c2c(nn1C1CC1)CS(=O)(=O)C2. The Labute approximate surface area is 87.0 Å². The van der Waals surface area contributed by atoms with Gasteiger partial charge in [-0.25, -0.2) is 8.42 Å². The maximum Gasteiger partial charge on any atom is 0.168 e. The standard InChI is InChI=1S/C9H10N2O3S/c12-3-9-7-4-15(13,14)5-8(7)10-11(9)6-1-2-6/h3,6H,1-2,4-5H2. The lowest BCUT2D eigenvalue weighted by Crippen LogP contribution is -2.07. The Morgan fingerprint density at radius 2 is 2.07 bits per heavy atom. The van der Waals surface area contributed by atoms with Crippen LogP contribution in [0.25, 0.3) is 0 Å². The summed E-state index contributed by atoms with van der Waals surface area (Å²) in [6.45, 7) is 0. The van der Waals surface area contributed by atoms with Crippen molar-refractivity contribution in [2.24, 2.45) is 0 Å². The third-order valence-electron chi connectivity index (χ3n) is 2.86. The maximum atomic E-state index is 11.3. The van der Waals surface area contributed by atoms with Crippen LogP contribution < -0.4 is 0 Å². The van der Waals surface area contributed by atoms with E-state index >= 15 is 0 Å². The molecule has 0 bridgehead atoms. The molecule has 0 saturated heterocycles. The van der Waals surface area contributed by atoms with Gasteiger partial charge in [0.15, 0.2) is 16.1 Å². The molecule has 1 saturated carbocycles. The van der Waals surface area contributed by atoms with Crippen LogP contribution in [-0.4, -0.2) is 24.5 Å². The van der Waals surface area contributed by atoms with Gasteiger partial charge >= 0.3 is 0 Å². The lowest BCUT2D eigenvalue weighted by Gasteiger charge is -2.01. The molecule has 0 N–H and O–H groups in total. The van der Waals surface area contributed by atoms with Gasteiger partial charge in [0, 0.05) is 5.56 Å². The Balaban J connectivity index is 2.14. The summed E-state index contributed by atoms with van der Waals surface area (Å²) in [5.74, 6) is -0.0357. The molecular weight excluding hydrogens is 216 g/mol. The van der Waals surface area contributed by atoms with Crippen molar-refractivity contribution in [1.29, 1.82) is 0 Å². The predicted octanol–water partition coefficient (Wildman–Crippen LogP) is 0.459. The highest BCUT2D eigenvalue weighted by Crippen LogP contribution is 2.38. The van der Waals surface area contributed by atoms with Gasteiger partial charge in [-0.2, -0.15) is 5.10 Å². The second-order valence-electron chi connectivity index (χ2n) is 4.14. The van der Waals surface area contributed by atoms with E-state index in [1.165, 1.54) is 0 Å². The van der Waals surface area contributed by atoms with Crippen molar-refractivity contribution in [1.82, 2.24) is 9.78 Å². The Bertz CT molecular complexity index is 540. The predicted molar refractivity (Wildman–Crippen MR) is 52.2 cm³/mol. The van der Waals surface area contributed by atoms with E-state index in [-0.39, 0.29) is 11.5 Å². The zero-order chi connectivity index (χ0) is 10.6. The molecule has 2 heterocycles. The third-order valence-corrected chi connectivity index (χ3v) is 4.30. The number of fused-ring (bicyclic) bond motifs is 1. The fourth-order valence-corrected chi connectivity index (χ4v) is 3.51. The molecule has 1 aromatic heterocycles. The topological polar surface area (TPSA) is 69.0 Å². The Morgan fingerprint density at radius 3 is 2.67 bits per heavy atom. The zero-order valence-electron chi connectivity index (χ0n) is 8.01. The highest BCUT2D eigenvalue weighted by atomic mass is 32.2. The average molecular weight is 226 g/mol. The minimum atomic E-state index is -3.05. The zero-order valence-corrected chi connectivity index (χ0v) is 8.83. The van der Waals surface area contributed by atoms with E-state index in [9.17, 15) is 13.2 Å². The van der Waals surface area contributed by atoms with Gasteiger partial charge in [0.1, 0.15) is 5.69 Å². The molecule has 0 atom stereocenters. The fourth-order valence-electron chi connectivity index (χ4n) is 2.01. The highest BCUT2D eigenvalue weighted by Gasteiger charge is 2.35. The van der Waals surface area contributed by atoms with Gasteiger partial charge in [-0.3, -0.25) is 9.48 Å². The summed E-state index contributed by atoms with van der Waals surface area (Å²) in [5.41, 5.74) is 1.66. The van der Waals surface area contributed by atoms with E-state index in [1.54, 1.807) is 4.68 Å². The molecular formula is C9H10N2O3S. The van der Waals surface area contributed by atoms with Crippen LogP contribution in [0.3, 0.4) is 0 Å². The van der Waals surface area contributed by atoms with E-state index < -0.39 is 9.84 Å². The highest BCUT2D eigenvalue weighted by molar-refractivity contribution is 7.90. The molecule has 0 radical (unpaired) electrons. The summed E-state index contributed by atoms with van der Waals surface area (Å²) in [4.78, 5) is 10.9. The van der Waals surface area contributed by atoms with Crippen molar-refractivity contribution >= 4 is 16.1 Å². The molecule has 2 aliphatic rings. The van der Waals surface area contributed by atoms with Gasteiger partial charge in [-0.05, 0) is 12.8 Å². The Hall–Kier alpha value is -1.17. The van der Waals surface area contributed by atoms with Crippen molar-refractivity contribution in [3.8, 4) is 0 Å². The van der Waals surface area contributed by atoms with Gasteiger partial charge in [-0.15, -0.1) is 0 Å². The molecule has 0 aromatic carbocycles. The number of aromatic nitrogens is 2. The molecule has 6 heteroatoms. The molecule has 0 unspecified atom stereocenters. The minimum absolute atomic E-state index is 0.0110. The number of aldehydes is 1. The van der Waals surface area contributed by atoms with Gasteiger partial charge in [-0.1, -0.05) is 0 Å².